The van der Waals surface area contributed by atoms with E-state index >= 15 is 0 Å². The Morgan fingerprint density at radius 1 is 1.20 bits per heavy atom. The molecule has 0 bridgehead atoms. The predicted octanol–water partition coefficient (Wildman–Crippen LogP) is 4.28. The fraction of sp³-hybridized carbons (Fsp3) is 0.542. The number of halogens is 3. The van der Waals surface area contributed by atoms with Crippen LogP contribution in [0.3, 0.4) is 0 Å². The Morgan fingerprint density at radius 2 is 1.91 bits per heavy atom. The maximum absolute atomic E-state index is 14.2. The van der Waals surface area contributed by atoms with Gasteiger partial charge in [-0.3, -0.25) is 4.79 Å². The summed E-state index contributed by atoms with van der Waals surface area (Å²) >= 11 is 0. The molecule has 2 N–H and O–H groups in total. The van der Waals surface area contributed by atoms with Gasteiger partial charge in [-0.05, 0) is 56.7 Å². The van der Waals surface area contributed by atoms with E-state index in [9.17, 15) is 26.4 Å². The van der Waals surface area contributed by atoms with E-state index in [1.54, 1.807) is 13.0 Å². The maximum atomic E-state index is 14.2. The summed E-state index contributed by atoms with van der Waals surface area (Å²) in [6.45, 7) is 5.35. The lowest BCUT2D eigenvalue weighted by atomic mass is 9.61. The van der Waals surface area contributed by atoms with Crippen molar-refractivity contribution in [2.75, 3.05) is 5.75 Å². The largest absolute Gasteiger partial charge is 0.416 e. The van der Waals surface area contributed by atoms with Gasteiger partial charge in [-0.2, -0.15) is 18.3 Å². The van der Waals surface area contributed by atoms with Gasteiger partial charge in [0.05, 0.1) is 21.6 Å². The number of rotatable bonds is 5. The van der Waals surface area contributed by atoms with Crippen LogP contribution in [0.15, 0.2) is 62.1 Å². The summed E-state index contributed by atoms with van der Waals surface area (Å²) in [5.41, 5.74) is -1.39. The van der Waals surface area contributed by atoms with Gasteiger partial charge in [-0.25, -0.2) is 8.42 Å². The highest BCUT2D eigenvalue weighted by Crippen LogP contribution is 2.55. The smallest absolute Gasteiger partial charge is 0.347 e. The number of amides is 1. The molecule has 3 heterocycles. The van der Waals surface area contributed by atoms with Crippen molar-refractivity contribution in [3.63, 3.8) is 0 Å². The lowest BCUT2D eigenvalue weighted by Gasteiger charge is -2.47. The second-order valence-corrected chi connectivity index (χ2v) is 12.5. The second-order valence-electron chi connectivity index (χ2n) is 10.4. The first-order valence-corrected chi connectivity index (χ1v) is 13.3. The fourth-order valence-corrected chi connectivity index (χ4v) is 7.29. The van der Waals surface area contributed by atoms with Crippen LogP contribution in [-0.2, 0) is 20.0 Å². The number of nitrogens with zero attached hydrogens (tertiary/aromatic N) is 2. The van der Waals surface area contributed by atoms with Gasteiger partial charge in [0.15, 0.2) is 21.7 Å². The van der Waals surface area contributed by atoms with Gasteiger partial charge >= 0.3 is 6.18 Å². The van der Waals surface area contributed by atoms with Gasteiger partial charge in [0.25, 0.3) is 5.91 Å². The highest BCUT2D eigenvalue weighted by Gasteiger charge is 2.59. The van der Waals surface area contributed by atoms with E-state index in [2.05, 4.69) is 20.9 Å². The van der Waals surface area contributed by atoms with Crippen LogP contribution in [0.4, 0.5) is 13.2 Å². The first-order valence-electron chi connectivity index (χ1n) is 11.7. The third kappa shape index (κ3) is 3.88. The monoisotopic (exact) mass is 508 g/mol. The van der Waals surface area contributed by atoms with Gasteiger partial charge in [0, 0.05) is 23.2 Å². The first kappa shape index (κ1) is 24.0. The average molecular weight is 509 g/mol. The van der Waals surface area contributed by atoms with E-state index in [4.69, 9.17) is 0 Å². The number of hydrogen-bond acceptors (Lipinski definition) is 6. The number of carbonyl (C=O) groups excluding carboxylic acids is 1. The van der Waals surface area contributed by atoms with Crippen LogP contribution in [0.2, 0.25) is 0 Å². The molecule has 1 aromatic rings. The molecule has 1 amide bonds. The molecule has 1 aliphatic carbocycles. The molecular formula is C24H27F3N4O3S. The average Bonchev–Trinajstić information content (AvgIpc) is 3.44. The van der Waals surface area contributed by atoms with Crippen LogP contribution in [0.5, 0.6) is 0 Å². The standard InChI is InChI=1S/C24H27F3N4O3S/c1-4-23(14-6-5-7-15(10-14)35(33,34)12-13-8-9-13)17-16(11-22(2,3)29-21(17)32)28-20-18(23)19(30-31-20)24(25,26)27/h5-7,10,13,19,28H,4,8-9,11-12H2,1-3H3,(H,29,32). The minimum absolute atomic E-state index is 0.00352. The third-order valence-corrected chi connectivity index (χ3v) is 9.12. The summed E-state index contributed by atoms with van der Waals surface area (Å²) in [7, 11) is -3.64. The van der Waals surface area contributed by atoms with E-state index < -0.39 is 38.9 Å². The predicted molar refractivity (Wildman–Crippen MR) is 122 cm³/mol. The van der Waals surface area contributed by atoms with Gasteiger partial charge < -0.3 is 10.6 Å². The van der Waals surface area contributed by atoms with E-state index in [0.717, 1.165) is 12.8 Å². The maximum Gasteiger partial charge on any atom is 0.416 e. The Balaban J connectivity index is 1.75. The number of azo groups is 1. The molecule has 11 heteroatoms. The number of alkyl halides is 3. The number of sulfone groups is 1. The molecule has 0 aromatic heterocycles. The van der Waals surface area contributed by atoms with Crippen LogP contribution in [-0.4, -0.2) is 37.8 Å². The molecule has 1 saturated carbocycles. The van der Waals surface area contributed by atoms with Crippen molar-refractivity contribution in [1.82, 2.24) is 10.6 Å². The topological polar surface area (TPSA) is 100.0 Å². The van der Waals surface area contributed by atoms with E-state index in [1.807, 2.05) is 13.8 Å². The molecule has 188 valence electrons. The number of nitrogens with one attached hydrogen (secondary N) is 2. The van der Waals surface area contributed by atoms with Crippen LogP contribution in [0, 0.1) is 5.92 Å². The SMILES string of the molecule is CCC1(c2cccc(S(=O)(=O)CC3CC3)c2)C2=C(CC(C)(C)NC2=O)NC2=C1C(C(F)(F)F)N=N2. The van der Waals surface area contributed by atoms with Crippen molar-refractivity contribution in [1.29, 1.82) is 0 Å². The Labute approximate surface area is 201 Å². The Hall–Kier alpha value is -2.69. The number of benzene rings is 1. The highest BCUT2D eigenvalue weighted by molar-refractivity contribution is 7.91. The summed E-state index contributed by atoms with van der Waals surface area (Å²) in [5.74, 6) is -0.399. The molecule has 7 nitrogen and oxygen atoms in total. The molecule has 1 aromatic carbocycles. The van der Waals surface area contributed by atoms with E-state index in [0.29, 0.717) is 17.7 Å². The van der Waals surface area contributed by atoms with Gasteiger partial charge in [0.1, 0.15) is 0 Å². The zero-order valence-electron chi connectivity index (χ0n) is 19.7. The summed E-state index contributed by atoms with van der Waals surface area (Å²) in [5, 5.41) is 13.3. The molecule has 2 unspecified atom stereocenters. The van der Waals surface area contributed by atoms with Crippen molar-refractivity contribution >= 4 is 15.7 Å². The summed E-state index contributed by atoms with van der Waals surface area (Å²) in [4.78, 5) is 13.5. The summed E-state index contributed by atoms with van der Waals surface area (Å²) < 4.78 is 68.6. The number of carbonyl (C=O) groups is 1. The Kier molecular flexibility index (Phi) is 5.25. The number of hydrogen-bond donors (Lipinski definition) is 2. The van der Waals surface area contributed by atoms with E-state index in [1.165, 1.54) is 18.2 Å². The minimum Gasteiger partial charge on any atom is -0.347 e. The van der Waals surface area contributed by atoms with Crippen LogP contribution in [0.1, 0.15) is 52.0 Å². The normalized spacial score (nSPS) is 27.9. The van der Waals surface area contributed by atoms with Gasteiger partial charge in [-0.1, -0.05) is 19.1 Å². The molecule has 3 aliphatic heterocycles. The van der Waals surface area contributed by atoms with Crippen LogP contribution >= 0.6 is 0 Å². The van der Waals surface area contributed by atoms with Crippen molar-refractivity contribution in [3.8, 4) is 0 Å². The van der Waals surface area contributed by atoms with Crippen molar-refractivity contribution < 1.29 is 26.4 Å². The molecule has 5 rings (SSSR count). The lowest BCUT2D eigenvalue weighted by molar-refractivity contribution is -0.141. The Bertz CT molecular complexity index is 1310. The second kappa shape index (κ2) is 7.65. The Morgan fingerprint density at radius 3 is 2.54 bits per heavy atom. The summed E-state index contributed by atoms with van der Waals surface area (Å²) in [6, 6.07) is 3.78. The van der Waals surface area contributed by atoms with Crippen molar-refractivity contribution in [3.05, 3.63) is 52.5 Å². The molecule has 1 fully saturated rings. The zero-order chi connectivity index (χ0) is 25.4. The molecule has 4 aliphatic rings. The summed E-state index contributed by atoms with van der Waals surface area (Å²) in [6.07, 6.45) is -2.60. The van der Waals surface area contributed by atoms with Crippen molar-refractivity contribution in [2.24, 2.45) is 16.1 Å². The molecule has 0 saturated heterocycles. The molecule has 0 radical (unpaired) electrons. The minimum atomic E-state index is -4.74. The van der Waals surface area contributed by atoms with Crippen molar-refractivity contribution in [2.45, 2.75) is 74.5 Å². The number of dihydropyridines is 1. The molecule has 0 spiro atoms. The fourth-order valence-electron chi connectivity index (χ4n) is 5.55. The van der Waals surface area contributed by atoms with Crippen LogP contribution < -0.4 is 10.6 Å². The van der Waals surface area contributed by atoms with Gasteiger partial charge in [-0.15, -0.1) is 5.11 Å². The third-order valence-electron chi connectivity index (χ3n) is 7.24. The lowest BCUT2D eigenvalue weighted by Crippen LogP contribution is -2.57. The quantitative estimate of drug-likeness (QED) is 0.620. The first-order chi connectivity index (χ1) is 16.3. The van der Waals surface area contributed by atoms with Crippen LogP contribution in [0.25, 0.3) is 0 Å². The molecule has 35 heavy (non-hydrogen) atoms. The van der Waals surface area contributed by atoms with Gasteiger partial charge in [0.2, 0.25) is 0 Å². The molecular weight excluding hydrogens is 481 g/mol. The highest BCUT2D eigenvalue weighted by atomic mass is 32.2. The molecule has 2 atom stereocenters. The van der Waals surface area contributed by atoms with E-state index in [-0.39, 0.29) is 40.0 Å². The zero-order valence-corrected chi connectivity index (χ0v) is 20.5.